The molecule has 4 aliphatic rings. The largest absolute Gasteiger partial charge is 0.402 e. The van der Waals surface area contributed by atoms with Gasteiger partial charge in [0.25, 0.3) is 5.91 Å². The number of nitrogens with one attached hydrogen (secondary N) is 1. The molecule has 1 saturated carbocycles. The molecule has 1 N–H and O–H groups in total. The number of aliphatic imine (C=N–C) groups is 2. The zero-order chi connectivity index (χ0) is 25.0. The number of amides is 1. The van der Waals surface area contributed by atoms with Gasteiger partial charge in [-0.15, -0.1) is 0 Å². The van der Waals surface area contributed by atoms with Gasteiger partial charge >= 0.3 is 6.18 Å². The third-order valence-corrected chi connectivity index (χ3v) is 8.51. The van der Waals surface area contributed by atoms with Crippen molar-refractivity contribution >= 4 is 33.7 Å². The van der Waals surface area contributed by atoms with Gasteiger partial charge in [0.15, 0.2) is 0 Å². The highest BCUT2D eigenvalue weighted by atomic mass is 32.2. The molecule has 1 amide bonds. The molecule has 13 heteroatoms. The van der Waals surface area contributed by atoms with Crippen molar-refractivity contribution in [1.29, 1.82) is 5.26 Å². The van der Waals surface area contributed by atoms with Crippen LogP contribution in [0.5, 0.6) is 0 Å². The standard InChI is InChI=1S/C22H21F3N6O3S/c23-22(24,25)12-30-11-14-9-15(5-6-18(14)35(30,33)34)28-20-19-17(7-8-27-21(19)32)31(29-20)16-4-2-1-3-13(16)10-26/h5-9,13,16,19H,1-4,11-12H2,(H,28,29)/t13-,16+,19?/m1/s1. The molecule has 2 fully saturated rings. The Bertz CT molecular complexity index is 1310. The van der Waals surface area contributed by atoms with Crippen LogP contribution in [0.4, 0.5) is 18.9 Å². The van der Waals surface area contributed by atoms with E-state index < -0.39 is 41.1 Å². The van der Waals surface area contributed by atoms with E-state index in [4.69, 9.17) is 0 Å². The lowest BCUT2D eigenvalue weighted by Crippen LogP contribution is -2.46. The number of carbonyl (C=O) groups excluding carboxylic acids is 1. The van der Waals surface area contributed by atoms with Crippen molar-refractivity contribution in [3.63, 3.8) is 0 Å². The predicted octanol–water partition coefficient (Wildman–Crippen LogP) is 2.80. The number of sulfonamides is 1. The Labute approximate surface area is 199 Å². The molecule has 1 aromatic carbocycles. The highest BCUT2D eigenvalue weighted by Gasteiger charge is 2.45. The molecule has 0 spiro atoms. The van der Waals surface area contributed by atoms with E-state index >= 15 is 0 Å². The molecule has 5 rings (SSSR count). The van der Waals surface area contributed by atoms with Crippen molar-refractivity contribution in [2.75, 3.05) is 6.54 Å². The number of dihydropyridines is 1. The van der Waals surface area contributed by atoms with E-state index in [2.05, 4.69) is 21.5 Å². The Morgan fingerprint density at radius 1 is 1.26 bits per heavy atom. The number of allylic oxidation sites excluding steroid dienone is 1. The normalized spacial score (nSPS) is 28.9. The Kier molecular flexibility index (Phi) is 5.68. The summed E-state index contributed by atoms with van der Waals surface area (Å²) in [6.45, 7) is -1.99. The quantitative estimate of drug-likeness (QED) is 0.674. The third kappa shape index (κ3) is 4.21. The first kappa shape index (κ1) is 23.5. The smallest absolute Gasteiger partial charge is 0.285 e. The van der Waals surface area contributed by atoms with Gasteiger partial charge in [0.2, 0.25) is 10.0 Å². The molecule has 1 aliphatic carbocycles. The van der Waals surface area contributed by atoms with Crippen LogP contribution in [-0.2, 0) is 21.4 Å². The lowest BCUT2D eigenvalue weighted by atomic mass is 9.84. The second-order valence-electron chi connectivity index (χ2n) is 8.89. The molecule has 0 radical (unpaired) electrons. The second kappa shape index (κ2) is 8.46. The fourth-order valence-corrected chi connectivity index (χ4v) is 6.65. The topological polar surface area (TPSA) is 118 Å². The molecule has 3 aliphatic heterocycles. The van der Waals surface area contributed by atoms with Crippen molar-refractivity contribution in [1.82, 2.24) is 14.7 Å². The summed E-state index contributed by atoms with van der Waals surface area (Å²) in [5.74, 6) is -1.19. The number of fused-ring (bicyclic) bond motifs is 2. The van der Waals surface area contributed by atoms with E-state index in [0.717, 1.165) is 25.7 Å². The van der Waals surface area contributed by atoms with Crippen molar-refractivity contribution in [2.45, 2.75) is 49.3 Å². The maximum absolute atomic E-state index is 12.9. The van der Waals surface area contributed by atoms with Gasteiger partial charge in [0.05, 0.1) is 34.3 Å². The highest BCUT2D eigenvalue weighted by molar-refractivity contribution is 7.89. The van der Waals surface area contributed by atoms with Crippen LogP contribution in [0.25, 0.3) is 0 Å². The van der Waals surface area contributed by atoms with Gasteiger partial charge in [-0.05, 0) is 42.7 Å². The maximum Gasteiger partial charge on any atom is 0.402 e. The van der Waals surface area contributed by atoms with Crippen LogP contribution in [0.15, 0.2) is 44.9 Å². The van der Waals surface area contributed by atoms with Crippen LogP contribution >= 0.6 is 0 Å². The van der Waals surface area contributed by atoms with Crippen molar-refractivity contribution in [3.05, 3.63) is 35.5 Å². The van der Waals surface area contributed by atoms with Crippen LogP contribution in [-0.4, -0.2) is 54.5 Å². The number of benzene rings is 1. The molecule has 9 nitrogen and oxygen atoms in total. The first-order valence-electron chi connectivity index (χ1n) is 11.1. The van der Waals surface area contributed by atoms with Crippen LogP contribution in [0, 0.1) is 23.2 Å². The summed E-state index contributed by atoms with van der Waals surface area (Å²) < 4.78 is 63.9. The summed E-state index contributed by atoms with van der Waals surface area (Å²) >= 11 is 0. The number of alkyl halides is 3. The average molecular weight is 507 g/mol. The molecule has 184 valence electrons. The van der Waals surface area contributed by atoms with Gasteiger partial charge in [-0.25, -0.2) is 18.4 Å². The Balaban J connectivity index is 1.47. The number of hydrogen-bond donors (Lipinski definition) is 1. The van der Waals surface area contributed by atoms with Crippen molar-refractivity contribution < 1.29 is 26.4 Å². The molecule has 3 heterocycles. The SMILES string of the molecule is N#C[C@H]1CCCC[C@@H]1N1NC(=Nc2ccc3c(c2)CN(CC(F)(F)F)S3(=O)=O)C2C(=O)N=CC=C21. The maximum atomic E-state index is 12.9. The minimum Gasteiger partial charge on any atom is -0.285 e. The minimum absolute atomic E-state index is 0.157. The van der Waals surface area contributed by atoms with E-state index in [1.807, 2.05) is 5.01 Å². The second-order valence-corrected chi connectivity index (χ2v) is 10.8. The average Bonchev–Trinajstić information content (AvgIpc) is 3.28. The van der Waals surface area contributed by atoms with E-state index in [9.17, 15) is 31.6 Å². The van der Waals surface area contributed by atoms with Gasteiger partial charge in [-0.2, -0.15) is 22.7 Å². The van der Waals surface area contributed by atoms with Crippen LogP contribution in [0.1, 0.15) is 31.2 Å². The number of amidine groups is 1. The molecule has 0 aromatic heterocycles. The predicted molar refractivity (Wildman–Crippen MR) is 119 cm³/mol. The van der Waals surface area contributed by atoms with E-state index in [1.54, 1.807) is 6.08 Å². The van der Waals surface area contributed by atoms with E-state index in [1.165, 1.54) is 24.4 Å². The fraction of sp³-hybridized carbons (Fsp3) is 0.455. The number of hydrazine groups is 1. The third-order valence-electron chi connectivity index (χ3n) is 6.62. The number of nitriles is 1. The summed E-state index contributed by atoms with van der Waals surface area (Å²) in [6.07, 6.45) is 1.86. The first-order chi connectivity index (χ1) is 16.6. The number of nitrogens with zero attached hydrogens (tertiary/aromatic N) is 5. The Morgan fingerprint density at radius 3 is 2.77 bits per heavy atom. The first-order valence-corrected chi connectivity index (χ1v) is 12.5. The van der Waals surface area contributed by atoms with Gasteiger partial charge in [0, 0.05) is 12.8 Å². The Morgan fingerprint density at radius 2 is 2.03 bits per heavy atom. The fourth-order valence-electron chi connectivity index (χ4n) is 5.05. The molecule has 1 saturated heterocycles. The van der Waals surface area contributed by atoms with Gasteiger partial charge in [0.1, 0.15) is 18.3 Å². The molecule has 0 bridgehead atoms. The summed E-state index contributed by atoms with van der Waals surface area (Å²) in [7, 11) is -4.26. The van der Waals surface area contributed by atoms with Gasteiger partial charge < -0.3 is 0 Å². The van der Waals surface area contributed by atoms with Gasteiger partial charge in [-0.1, -0.05) is 12.8 Å². The lowest BCUT2D eigenvalue weighted by molar-refractivity contribution is -0.136. The van der Waals surface area contributed by atoms with Crippen molar-refractivity contribution in [3.8, 4) is 6.07 Å². The van der Waals surface area contributed by atoms with E-state index in [-0.39, 0.29) is 28.3 Å². The van der Waals surface area contributed by atoms with E-state index in [0.29, 0.717) is 15.7 Å². The van der Waals surface area contributed by atoms with Crippen LogP contribution in [0.2, 0.25) is 0 Å². The Hall–Kier alpha value is -3.24. The molecular formula is C22H21F3N6O3S. The summed E-state index contributed by atoms with van der Waals surface area (Å²) in [5.41, 5.74) is 4.28. The lowest BCUT2D eigenvalue weighted by Gasteiger charge is -2.36. The highest BCUT2D eigenvalue weighted by Crippen LogP contribution is 2.38. The number of rotatable bonds is 3. The minimum atomic E-state index is -4.67. The number of halogens is 3. The molecule has 1 aromatic rings. The van der Waals surface area contributed by atoms with Crippen molar-refractivity contribution in [2.24, 2.45) is 21.8 Å². The molecular weight excluding hydrogens is 485 g/mol. The summed E-state index contributed by atoms with van der Waals surface area (Å²) in [6, 6.07) is 6.23. The van der Waals surface area contributed by atoms with Crippen LogP contribution in [0.3, 0.4) is 0 Å². The van der Waals surface area contributed by atoms with Crippen LogP contribution < -0.4 is 5.43 Å². The number of hydrogen-bond acceptors (Lipinski definition) is 6. The zero-order valence-electron chi connectivity index (χ0n) is 18.4. The molecule has 1 unspecified atom stereocenters. The summed E-state index contributed by atoms with van der Waals surface area (Å²) in [5, 5.41) is 11.4. The monoisotopic (exact) mass is 506 g/mol. The van der Waals surface area contributed by atoms with Gasteiger partial charge in [-0.3, -0.25) is 15.2 Å². The molecule has 35 heavy (non-hydrogen) atoms. The zero-order valence-corrected chi connectivity index (χ0v) is 19.2. The summed E-state index contributed by atoms with van der Waals surface area (Å²) in [4.78, 5) is 20.9. The molecule has 3 atom stereocenters. The number of carbonyl (C=O) groups is 1.